The van der Waals surface area contributed by atoms with Gasteiger partial charge in [0.1, 0.15) is 0 Å². The number of likely N-dealkylation sites (tertiary alicyclic amines) is 1. The molecule has 2 aromatic carbocycles. The van der Waals surface area contributed by atoms with E-state index < -0.39 is 0 Å². The number of rotatable bonds is 5. The van der Waals surface area contributed by atoms with Crippen LogP contribution in [0.5, 0.6) is 0 Å². The Bertz CT molecular complexity index is 962. The first-order valence-electron chi connectivity index (χ1n) is 9.96. The largest absolute Gasteiger partial charge is 0.339 e. The second kappa shape index (κ2) is 9.05. The molecule has 0 atom stereocenters. The highest BCUT2D eigenvalue weighted by atomic mass is 32.1. The Balaban J connectivity index is 1.39. The Kier molecular flexibility index (Phi) is 6.06. The molecule has 4 nitrogen and oxygen atoms in total. The zero-order valence-electron chi connectivity index (χ0n) is 16.2. The lowest BCUT2D eigenvalue weighted by Gasteiger charge is -2.32. The van der Waals surface area contributed by atoms with Crippen LogP contribution in [-0.4, -0.2) is 29.8 Å². The molecule has 4 rings (SSSR count). The third-order valence-electron chi connectivity index (χ3n) is 5.46. The molecule has 1 fully saturated rings. The van der Waals surface area contributed by atoms with Crippen molar-refractivity contribution in [1.82, 2.24) is 4.90 Å². The van der Waals surface area contributed by atoms with Crippen molar-refractivity contribution in [3.63, 3.8) is 0 Å². The summed E-state index contributed by atoms with van der Waals surface area (Å²) >= 11 is 1.48. The Hall–Kier alpha value is -2.92. The molecule has 29 heavy (non-hydrogen) atoms. The topological polar surface area (TPSA) is 49.4 Å². The monoisotopic (exact) mass is 404 g/mol. The molecule has 5 heteroatoms. The Labute approximate surface area is 175 Å². The third kappa shape index (κ3) is 4.74. The number of carbonyl (C=O) groups excluding carboxylic acids is 2. The Morgan fingerprint density at radius 1 is 0.966 bits per heavy atom. The number of benzene rings is 2. The lowest BCUT2D eigenvalue weighted by atomic mass is 9.90. The summed E-state index contributed by atoms with van der Waals surface area (Å²) in [4.78, 5) is 27.5. The first kappa shape index (κ1) is 19.4. The quantitative estimate of drug-likeness (QED) is 0.643. The second-order valence-corrected chi connectivity index (χ2v) is 8.22. The molecule has 3 aromatic rings. The smallest absolute Gasteiger partial charge is 0.256 e. The molecule has 0 saturated carbocycles. The molecule has 1 aliphatic rings. The van der Waals surface area contributed by atoms with Crippen molar-refractivity contribution >= 4 is 28.8 Å². The molecular weight excluding hydrogens is 380 g/mol. The number of hydrogen-bond acceptors (Lipinski definition) is 3. The summed E-state index contributed by atoms with van der Waals surface area (Å²) in [5.74, 6) is 0.410. The molecule has 0 bridgehead atoms. The van der Waals surface area contributed by atoms with Crippen molar-refractivity contribution in [2.45, 2.75) is 19.3 Å². The van der Waals surface area contributed by atoms with E-state index in [1.165, 1.54) is 16.9 Å². The maximum Gasteiger partial charge on any atom is 0.256 e. The van der Waals surface area contributed by atoms with Crippen LogP contribution in [0.1, 0.15) is 39.1 Å². The van der Waals surface area contributed by atoms with Crippen molar-refractivity contribution < 1.29 is 9.59 Å². The van der Waals surface area contributed by atoms with Crippen LogP contribution >= 0.6 is 11.3 Å². The average molecular weight is 405 g/mol. The summed E-state index contributed by atoms with van der Waals surface area (Å²) in [6, 6.07) is 19.6. The molecule has 148 valence electrons. The minimum atomic E-state index is -0.187. The van der Waals surface area contributed by atoms with Crippen LogP contribution in [0, 0.1) is 5.92 Å². The zero-order valence-corrected chi connectivity index (χ0v) is 17.0. The number of amides is 2. The van der Waals surface area contributed by atoms with Crippen LogP contribution in [-0.2, 0) is 6.42 Å². The van der Waals surface area contributed by atoms with Gasteiger partial charge in [-0.3, -0.25) is 9.59 Å². The molecule has 1 aliphatic heterocycles. The first-order chi connectivity index (χ1) is 14.2. The van der Waals surface area contributed by atoms with Gasteiger partial charge >= 0.3 is 0 Å². The molecule has 1 N–H and O–H groups in total. The summed E-state index contributed by atoms with van der Waals surface area (Å²) < 4.78 is 0. The number of thiophene rings is 1. The fourth-order valence-corrected chi connectivity index (χ4v) is 4.46. The standard InChI is InChI=1S/C24H24N2O2S/c27-23(20-12-15-29-17-20)25-22-9-5-4-8-21(22)24(28)26-13-10-19(11-14-26)16-18-6-2-1-3-7-18/h1-9,12,15,17,19H,10-11,13-14,16H2,(H,25,27). The second-order valence-electron chi connectivity index (χ2n) is 7.44. The molecule has 0 spiro atoms. The molecule has 0 aliphatic carbocycles. The predicted molar refractivity (Wildman–Crippen MR) is 117 cm³/mol. The van der Waals surface area contributed by atoms with Gasteiger partial charge in [-0.05, 0) is 54.3 Å². The SMILES string of the molecule is O=C(Nc1ccccc1C(=O)N1CCC(Cc2ccccc2)CC1)c1ccsc1. The van der Waals surface area contributed by atoms with E-state index in [9.17, 15) is 9.59 Å². The van der Waals surface area contributed by atoms with Crippen LogP contribution in [0.4, 0.5) is 5.69 Å². The van der Waals surface area contributed by atoms with E-state index in [1.54, 1.807) is 23.6 Å². The number of nitrogens with zero attached hydrogens (tertiary/aromatic N) is 1. The lowest BCUT2D eigenvalue weighted by molar-refractivity contribution is 0.0691. The van der Waals surface area contributed by atoms with E-state index in [0.29, 0.717) is 22.7 Å². The van der Waals surface area contributed by atoms with E-state index >= 15 is 0 Å². The van der Waals surface area contributed by atoms with Gasteiger partial charge in [-0.25, -0.2) is 0 Å². The Morgan fingerprint density at radius 2 is 1.69 bits per heavy atom. The molecule has 0 unspecified atom stereocenters. The van der Waals surface area contributed by atoms with E-state index in [0.717, 1.165) is 32.4 Å². The van der Waals surface area contributed by atoms with E-state index in [2.05, 4.69) is 29.6 Å². The zero-order chi connectivity index (χ0) is 20.1. The fraction of sp³-hybridized carbons (Fsp3) is 0.250. The summed E-state index contributed by atoms with van der Waals surface area (Å²) in [6.07, 6.45) is 3.07. The van der Waals surface area contributed by atoms with Gasteiger partial charge in [0, 0.05) is 18.5 Å². The molecule has 1 saturated heterocycles. The highest BCUT2D eigenvalue weighted by Crippen LogP contribution is 2.25. The van der Waals surface area contributed by atoms with Crippen molar-refractivity contribution in [3.8, 4) is 0 Å². The van der Waals surface area contributed by atoms with Gasteiger partial charge < -0.3 is 10.2 Å². The molecule has 0 radical (unpaired) electrons. The van der Waals surface area contributed by atoms with Crippen molar-refractivity contribution in [3.05, 3.63) is 88.1 Å². The lowest BCUT2D eigenvalue weighted by Crippen LogP contribution is -2.39. The van der Waals surface area contributed by atoms with Gasteiger partial charge in [-0.1, -0.05) is 42.5 Å². The van der Waals surface area contributed by atoms with Crippen LogP contribution in [0.15, 0.2) is 71.4 Å². The fourth-order valence-electron chi connectivity index (χ4n) is 3.82. The van der Waals surface area contributed by atoms with Crippen molar-refractivity contribution in [2.24, 2.45) is 5.92 Å². The summed E-state index contributed by atoms with van der Waals surface area (Å²) in [6.45, 7) is 1.51. The Morgan fingerprint density at radius 3 is 2.41 bits per heavy atom. The van der Waals surface area contributed by atoms with Crippen LogP contribution in [0.25, 0.3) is 0 Å². The van der Waals surface area contributed by atoms with Gasteiger partial charge in [0.05, 0.1) is 16.8 Å². The van der Waals surface area contributed by atoms with Crippen molar-refractivity contribution in [2.75, 3.05) is 18.4 Å². The normalized spacial score (nSPS) is 14.6. The summed E-state index contributed by atoms with van der Waals surface area (Å²) in [5.41, 5.74) is 3.09. The average Bonchev–Trinajstić information content (AvgIpc) is 3.30. The highest BCUT2D eigenvalue weighted by Gasteiger charge is 2.25. The number of para-hydroxylation sites is 1. The highest BCUT2D eigenvalue weighted by molar-refractivity contribution is 7.08. The van der Waals surface area contributed by atoms with Gasteiger partial charge in [-0.2, -0.15) is 11.3 Å². The van der Waals surface area contributed by atoms with Crippen molar-refractivity contribution in [1.29, 1.82) is 0 Å². The molecule has 2 heterocycles. The molecule has 1 aromatic heterocycles. The summed E-state index contributed by atoms with van der Waals surface area (Å²) in [7, 11) is 0. The molecule has 2 amide bonds. The van der Waals surface area contributed by atoms with Gasteiger partial charge in [0.2, 0.25) is 0 Å². The summed E-state index contributed by atoms with van der Waals surface area (Å²) in [5, 5.41) is 6.56. The predicted octanol–water partition coefficient (Wildman–Crippen LogP) is 5.10. The number of carbonyl (C=O) groups is 2. The third-order valence-corrected chi connectivity index (χ3v) is 6.14. The van der Waals surface area contributed by atoms with E-state index in [4.69, 9.17) is 0 Å². The van der Waals surface area contributed by atoms with Gasteiger partial charge in [-0.15, -0.1) is 0 Å². The van der Waals surface area contributed by atoms with E-state index in [-0.39, 0.29) is 11.8 Å². The minimum Gasteiger partial charge on any atom is -0.339 e. The van der Waals surface area contributed by atoms with Crippen LogP contribution in [0.2, 0.25) is 0 Å². The maximum atomic E-state index is 13.1. The molecular formula is C24H24N2O2S. The van der Waals surface area contributed by atoms with Gasteiger partial charge in [0.15, 0.2) is 0 Å². The van der Waals surface area contributed by atoms with E-state index in [1.807, 2.05) is 28.5 Å². The number of anilines is 1. The van der Waals surface area contributed by atoms with Crippen LogP contribution < -0.4 is 5.32 Å². The number of piperidine rings is 1. The number of hydrogen-bond donors (Lipinski definition) is 1. The van der Waals surface area contributed by atoms with Crippen LogP contribution in [0.3, 0.4) is 0 Å². The maximum absolute atomic E-state index is 13.1. The van der Waals surface area contributed by atoms with Gasteiger partial charge in [0.25, 0.3) is 11.8 Å². The number of nitrogens with one attached hydrogen (secondary N) is 1. The minimum absolute atomic E-state index is 0.00983. The first-order valence-corrected chi connectivity index (χ1v) is 10.9.